The van der Waals surface area contributed by atoms with E-state index in [0.29, 0.717) is 11.5 Å². The first-order chi connectivity index (χ1) is 14.7. The standard InChI is InChI=1S/C28H20O2/c1-29-27-18-16-24(20-28(27)30-2)14-12-22-9-7-21(8-10-22)11-13-23-15-17-25-5-3-4-6-26(25)19-23/h3-10,15-20H,1-2H3. The van der Waals surface area contributed by atoms with Crippen molar-refractivity contribution in [2.24, 2.45) is 0 Å². The highest BCUT2D eigenvalue weighted by Crippen LogP contribution is 2.27. The van der Waals surface area contributed by atoms with Crippen LogP contribution in [0.1, 0.15) is 22.3 Å². The van der Waals surface area contributed by atoms with Crippen LogP contribution >= 0.6 is 0 Å². The Balaban J connectivity index is 1.50. The van der Waals surface area contributed by atoms with Gasteiger partial charge in [-0.2, -0.15) is 0 Å². The molecule has 0 saturated carbocycles. The summed E-state index contributed by atoms with van der Waals surface area (Å²) in [5.74, 6) is 14.2. The second-order valence-electron chi connectivity index (χ2n) is 6.71. The largest absolute Gasteiger partial charge is 0.493 e. The Morgan fingerprint density at radius 3 is 1.60 bits per heavy atom. The zero-order valence-corrected chi connectivity index (χ0v) is 16.9. The molecule has 0 fully saturated rings. The van der Waals surface area contributed by atoms with Crippen LogP contribution in [0.3, 0.4) is 0 Å². The minimum atomic E-state index is 0.670. The molecule has 0 aliphatic rings. The fourth-order valence-corrected chi connectivity index (χ4v) is 3.11. The lowest BCUT2D eigenvalue weighted by Crippen LogP contribution is -1.90. The predicted molar refractivity (Wildman–Crippen MR) is 122 cm³/mol. The molecule has 0 heterocycles. The van der Waals surface area contributed by atoms with Gasteiger partial charge in [0, 0.05) is 22.3 Å². The molecule has 0 aliphatic carbocycles. The molecule has 0 unspecified atom stereocenters. The number of rotatable bonds is 2. The molecule has 4 aromatic carbocycles. The Morgan fingerprint density at radius 2 is 0.967 bits per heavy atom. The van der Waals surface area contributed by atoms with Crippen molar-refractivity contribution in [2.45, 2.75) is 0 Å². The fourth-order valence-electron chi connectivity index (χ4n) is 3.11. The highest BCUT2D eigenvalue weighted by Gasteiger charge is 2.02. The molecule has 0 saturated heterocycles. The van der Waals surface area contributed by atoms with Gasteiger partial charge in [0.05, 0.1) is 14.2 Å². The van der Waals surface area contributed by atoms with Gasteiger partial charge in [-0.1, -0.05) is 54.0 Å². The summed E-state index contributed by atoms with van der Waals surface area (Å²) >= 11 is 0. The summed E-state index contributed by atoms with van der Waals surface area (Å²) in [6.45, 7) is 0. The SMILES string of the molecule is COc1ccc(C#Cc2ccc(C#Cc3ccc4ccccc4c3)cc2)cc1OC. The molecular weight excluding hydrogens is 368 g/mol. The molecule has 0 radical (unpaired) electrons. The van der Waals surface area contributed by atoms with Gasteiger partial charge in [0.25, 0.3) is 0 Å². The summed E-state index contributed by atoms with van der Waals surface area (Å²) < 4.78 is 10.6. The maximum absolute atomic E-state index is 5.32. The average Bonchev–Trinajstić information content (AvgIpc) is 2.81. The molecular formula is C28H20O2. The number of hydrogen-bond donors (Lipinski definition) is 0. The summed E-state index contributed by atoms with van der Waals surface area (Å²) in [5, 5.41) is 2.42. The average molecular weight is 388 g/mol. The van der Waals surface area contributed by atoms with E-state index in [1.807, 2.05) is 54.6 Å². The molecule has 0 aliphatic heterocycles. The summed E-state index contributed by atoms with van der Waals surface area (Å²) in [6, 6.07) is 28.2. The molecule has 4 rings (SSSR count). The smallest absolute Gasteiger partial charge is 0.161 e. The maximum Gasteiger partial charge on any atom is 0.161 e. The van der Waals surface area contributed by atoms with Crippen LogP contribution in [0.2, 0.25) is 0 Å². The Kier molecular flexibility index (Phi) is 5.70. The van der Waals surface area contributed by atoms with Gasteiger partial charge in [-0.25, -0.2) is 0 Å². The molecule has 144 valence electrons. The first kappa shape index (κ1) is 19.2. The fraction of sp³-hybridized carbons (Fsp3) is 0.0714. The first-order valence-corrected chi connectivity index (χ1v) is 9.60. The minimum absolute atomic E-state index is 0.670. The van der Waals surface area contributed by atoms with E-state index in [1.54, 1.807) is 14.2 Å². The molecule has 30 heavy (non-hydrogen) atoms. The molecule has 0 amide bonds. The number of hydrogen-bond acceptors (Lipinski definition) is 2. The van der Waals surface area contributed by atoms with Crippen molar-refractivity contribution in [1.82, 2.24) is 0 Å². The number of ether oxygens (including phenoxy) is 2. The van der Waals surface area contributed by atoms with E-state index < -0.39 is 0 Å². The van der Waals surface area contributed by atoms with Crippen molar-refractivity contribution in [1.29, 1.82) is 0 Å². The molecule has 0 spiro atoms. The van der Waals surface area contributed by atoms with E-state index in [2.05, 4.69) is 54.0 Å². The van der Waals surface area contributed by atoms with E-state index in [0.717, 1.165) is 22.3 Å². The summed E-state index contributed by atoms with van der Waals surface area (Å²) in [5.41, 5.74) is 3.76. The minimum Gasteiger partial charge on any atom is -0.493 e. The van der Waals surface area contributed by atoms with Crippen LogP contribution in [0.25, 0.3) is 10.8 Å². The second kappa shape index (κ2) is 8.91. The zero-order valence-electron chi connectivity index (χ0n) is 16.9. The van der Waals surface area contributed by atoms with Gasteiger partial charge in [-0.05, 0) is 65.4 Å². The normalized spacial score (nSPS) is 9.80. The third-order valence-corrected chi connectivity index (χ3v) is 4.72. The van der Waals surface area contributed by atoms with Crippen LogP contribution in [0, 0.1) is 23.7 Å². The van der Waals surface area contributed by atoms with Crippen LogP contribution in [0.5, 0.6) is 11.5 Å². The van der Waals surface area contributed by atoms with E-state index >= 15 is 0 Å². The Morgan fingerprint density at radius 1 is 0.467 bits per heavy atom. The van der Waals surface area contributed by atoms with Crippen LogP contribution in [0.15, 0.2) is 84.9 Å². The lowest BCUT2D eigenvalue weighted by atomic mass is 10.1. The third kappa shape index (κ3) is 4.46. The highest BCUT2D eigenvalue weighted by molar-refractivity contribution is 5.83. The molecule has 2 heteroatoms. The van der Waals surface area contributed by atoms with Crippen molar-refractivity contribution in [3.63, 3.8) is 0 Å². The lowest BCUT2D eigenvalue weighted by molar-refractivity contribution is 0.355. The van der Waals surface area contributed by atoms with E-state index in [4.69, 9.17) is 9.47 Å². The monoisotopic (exact) mass is 388 g/mol. The van der Waals surface area contributed by atoms with Crippen molar-refractivity contribution in [3.05, 3.63) is 107 Å². The molecule has 0 atom stereocenters. The molecule has 0 bridgehead atoms. The molecule has 0 N–H and O–H groups in total. The highest BCUT2D eigenvalue weighted by atomic mass is 16.5. The van der Waals surface area contributed by atoms with Crippen LogP contribution in [-0.2, 0) is 0 Å². The summed E-state index contributed by atoms with van der Waals surface area (Å²) in [7, 11) is 3.24. The molecule has 2 nitrogen and oxygen atoms in total. The number of methoxy groups -OCH3 is 2. The van der Waals surface area contributed by atoms with Crippen LogP contribution < -0.4 is 9.47 Å². The van der Waals surface area contributed by atoms with E-state index in [9.17, 15) is 0 Å². The van der Waals surface area contributed by atoms with Crippen LogP contribution in [-0.4, -0.2) is 14.2 Å². The van der Waals surface area contributed by atoms with Gasteiger partial charge in [0.15, 0.2) is 11.5 Å². The summed E-state index contributed by atoms with van der Waals surface area (Å²) in [6.07, 6.45) is 0. The summed E-state index contributed by atoms with van der Waals surface area (Å²) in [4.78, 5) is 0. The second-order valence-corrected chi connectivity index (χ2v) is 6.71. The van der Waals surface area contributed by atoms with E-state index in [1.165, 1.54) is 10.8 Å². The van der Waals surface area contributed by atoms with Crippen molar-refractivity contribution in [3.8, 4) is 35.2 Å². The van der Waals surface area contributed by atoms with Gasteiger partial charge < -0.3 is 9.47 Å². The quantitative estimate of drug-likeness (QED) is 0.413. The first-order valence-electron chi connectivity index (χ1n) is 9.60. The Bertz CT molecular complexity index is 1310. The predicted octanol–water partition coefficient (Wildman–Crippen LogP) is 5.66. The van der Waals surface area contributed by atoms with Crippen LogP contribution in [0.4, 0.5) is 0 Å². The van der Waals surface area contributed by atoms with E-state index in [-0.39, 0.29) is 0 Å². The Labute approximate surface area is 177 Å². The maximum atomic E-state index is 5.32. The zero-order chi connectivity index (χ0) is 20.8. The number of benzene rings is 4. The van der Waals surface area contributed by atoms with Crippen molar-refractivity contribution < 1.29 is 9.47 Å². The van der Waals surface area contributed by atoms with Gasteiger partial charge in [-0.15, -0.1) is 0 Å². The van der Waals surface area contributed by atoms with Crippen molar-refractivity contribution in [2.75, 3.05) is 14.2 Å². The van der Waals surface area contributed by atoms with Gasteiger partial charge in [0.1, 0.15) is 0 Å². The van der Waals surface area contributed by atoms with Crippen molar-refractivity contribution >= 4 is 10.8 Å². The third-order valence-electron chi connectivity index (χ3n) is 4.72. The van der Waals surface area contributed by atoms with Gasteiger partial charge in [-0.3, -0.25) is 0 Å². The van der Waals surface area contributed by atoms with Gasteiger partial charge >= 0.3 is 0 Å². The lowest BCUT2D eigenvalue weighted by Gasteiger charge is -2.06. The molecule has 0 aromatic heterocycles. The topological polar surface area (TPSA) is 18.5 Å². The Hall–Kier alpha value is -4.14. The number of fused-ring (bicyclic) bond motifs is 1. The molecule has 4 aromatic rings. The van der Waals surface area contributed by atoms with Gasteiger partial charge in [0.2, 0.25) is 0 Å².